The van der Waals surface area contributed by atoms with Gasteiger partial charge in [0.15, 0.2) is 17.5 Å². The fourth-order valence-electron chi connectivity index (χ4n) is 2.61. The molecule has 0 unspecified atom stereocenters. The lowest BCUT2D eigenvalue weighted by atomic mass is 10.2. The van der Waals surface area contributed by atoms with E-state index >= 15 is 0 Å². The van der Waals surface area contributed by atoms with Gasteiger partial charge in [-0.15, -0.1) is 0 Å². The van der Waals surface area contributed by atoms with Crippen molar-refractivity contribution < 1.29 is 18.0 Å². The molecule has 3 rings (SSSR count). The molecule has 1 N–H and O–H groups in total. The van der Waals surface area contributed by atoms with E-state index in [1.165, 1.54) is 0 Å². The summed E-state index contributed by atoms with van der Waals surface area (Å²) in [7, 11) is 0. The first-order valence-electron chi connectivity index (χ1n) is 7.45. The number of aromatic nitrogens is 2. The molecule has 0 bridgehead atoms. The Morgan fingerprint density at radius 1 is 1.28 bits per heavy atom. The standard InChI is InChI=1S/C17H13BrF3N3O/c1-3-11-15(24-7-9(18)6-8(2)16(24)22-11)17(25)23-12-5-4-10(19)13(20)14(12)21/h4-7H,3H2,1-2H3,(H,23,25). The van der Waals surface area contributed by atoms with Crippen molar-refractivity contribution in [2.75, 3.05) is 5.32 Å². The van der Waals surface area contributed by atoms with Crippen LogP contribution in [0.2, 0.25) is 0 Å². The molecule has 1 aromatic carbocycles. The molecule has 0 fully saturated rings. The molecular formula is C17H13BrF3N3O. The molecule has 4 nitrogen and oxygen atoms in total. The van der Waals surface area contributed by atoms with Crippen molar-refractivity contribution in [3.05, 3.63) is 63.3 Å². The quantitative estimate of drug-likeness (QED) is 0.638. The summed E-state index contributed by atoms with van der Waals surface area (Å²) in [6, 6.07) is 3.59. The minimum atomic E-state index is -1.63. The highest BCUT2D eigenvalue weighted by molar-refractivity contribution is 9.10. The van der Waals surface area contributed by atoms with Crippen LogP contribution in [-0.2, 0) is 6.42 Å². The van der Waals surface area contributed by atoms with Gasteiger partial charge >= 0.3 is 0 Å². The van der Waals surface area contributed by atoms with Crippen LogP contribution >= 0.6 is 15.9 Å². The van der Waals surface area contributed by atoms with Gasteiger partial charge in [0.25, 0.3) is 5.91 Å². The number of nitrogens with zero attached hydrogens (tertiary/aromatic N) is 2. The molecule has 1 amide bonds. The Morgan fingerprint density at radius 2 is 2.00 bits per heavy atom. The smallest absolute Gasteiger partial charge is 0.274 e. The highest BCUT2D eigenvalue weighted by atomic mass is 79.9. The van der Waals surface area contributed by atoms with E-state index in [1.807, 2.05) is 19.9 Å². The largest absolute Gasteiger partial charge is 0.318 e. The average Bonchev–Trinajstić information content (AvgIpc) is 2.94. The van der Waals surface area contributed by atoms with E-state index in [1.54, 1.807) is 10.6 Å². The van der Waals surface area contributed by atoms with E-state index < -0.39 is 29.0 Å². The Labute approximate surface area is 149 Å². The van der Waals surface area contributed by atoms with Gasteiger partial charge in [0.1, 0.15) is 11.3 Å². The van der Waals surface area contributed by atoms with Crippen molar-refractivity contribution >= 4 is 33.2 Å². The van der Waals surface area contributed by atoms with Crippen molar-refractivity contribution in [3.63, 3.8) is 0 Å². The molecule has 0 saturated heterocycles. The van der Waals surface area contributed by atoms with Crippen LogP contribution in [0.15, 0.2) is 28.9 Å². The number of anilines is 1. The molecule has 0 aliphatic heterocycles. The summed E-state index contributed by atoms with van der Waals surface area (Å²) < 4.78 is 42.6. The van der Waals surface area contributed by atoms with Gasteiger partial charge in [0.05, 0.1) is 11.4 Å². The number of halogens is 4. The number of aryl methyl sites for hydroxylation is 2. The number of pyridine rings is 1. The van der Waals surface area contributed by atoms with Gasteiger partial charge in [-0.2, -0.15) is 0 Å². The lowest BCUT2D eigenvalue weighted by molar-refractivity contribution is 0.102. The topological polar surface area (TPSA) is 46.4 Å². The third-order valence-corrected chi connectivity index (χ3v) is 4.21. The van der Waals surface area contributed by atoms with Crippen molar-refractivity contribution in [3.8, 4) is 0 Å². The predicted molar refractivity (Wildman–Crippen MR) is 91.3 cm³/mol. The maximum atomic E-state index is 13.8. The van der Waals surface area contributed by atoms with Gasteiger partial charge in [0.2, 0.25) is 0 Å². The molecule has 3 aromatic rings. The van der Waals surface area contributed by atoms with E-state index in [4.69, 9.17) is 0 Å². The number of amides is 1. The number of carbonyl (C=O) groups excluding carboxylic acids is 1. The predicted octanol–water partition coefficient (Wildman–Crippen LogP) is 4.64. The van der Waals surface area contributed by atoms with Crippen LogP contribution in [0.25, 0.3) is 5.65 Å². The lowest BCUT2D eigenvalue weighted by Gasteiger charge is -2.09. The molecule has 130 valence electrons. The maximum Gasteiger partial charge on any atom is 0.274 e. The van der Waals surface area contributed by atoms with Gasteiger partial charge in [-0.3, -0.25) is 9.20 Å². The highest BCUT2D eigenvalue weighted by Gasteiger charge is 2.22. The molecule has 0 spiro atoms. The summed E-state index contributed by atoms with van der Waals surface area (Å²) in [5.41, 5.74) is 1.73. The Hall–Kier alpha value is -2.35. The van der Waals surface area contributed by atoms with Crippen molar-refractivity contribution in [2.45, 2.75) is 20.3 Å². The molecule has 25 heavy (non-hydrogen) atoms. The molecule has 0 radical (unpaired) electrons. The summed E-state index contributed by atoms with van der Waals surface area (Å²) in [5, 5.41) is 2.29. The SMILES string of the molecule is CCc1nc2c(C)cc(Br)cn2c1C(=O)Nc1ccc(F)c(F)c1F. The zero-order valence-electron chi connectivity index (χ0n) is 13.3. The van der Waals surface area contributed by atoms with E-state index in [9.17, 15) is 18.0 Å². The minimum absolute atomic E-state index is 0.214. The molecule has 2 heterocycles. The van der Waals surface area contributed by atoms with Gasteiger partial charge < -0.3 is 5.32 Å². The van der Waals surface area contributed by atoms with Crippen LogP contribution in [0.4, 0.5) is 18.9 Å². The zero-order valence-corrected chi connectivity index (χ0v) is 14.9. The second-order valence-electron chi connectivity index (χ2n) is 5.47. The fourth-order valence-corrected chi connectivity index (χ4v) is 3.15. The van der Waals surface area contributed by atoms with Gasteiger partial charge in [0, 0.05) is 10.7 Å². The van der Waals surface area contributed by atoms with Crippen LogP contribution in [0.1, 0.15) is 28.7 Å². The number of nitrogens with one attached hydrogen (secondary N) is 1. The maximum absolute atomic E-state index is 13.8. The number of hydrogen-bond acceptors (Lipinski definition) is 2. The minimum Gasteiger partial charge on any atom is -0.318 e. The Kier molecular flexibility index (Phi) is 4.55. The first-order chi connectivity index (χ1) is 11.8. The second kappa shape index (κ2) is 6.51. The lowest BCUT2D eigenvalue weighted by Crippen LogP contribution is -2.17. The monoisotopic (exact) mass is 411 g/mol. The number of rotatable bonds is 3. The first-order valence-corrected chi connectivity index (χ1v) is 8.24. The fraction of sp³-hybridized carbons (Fsp3) is 0.176. The van der Waals surface area contributed by atoms with Crippen LogP contribution in [-0.4, -0.2) is 15.3 Å². The number of fused-ring (bicyclic) bond motifs is 1. The summed E-state index contributed by atoms with van der Waals surface area (Å²) in [6.07, 6.45) is 2.15. The number of benzene rings is 1. The highest BCUT2D eigenvalue weighted by Crippen LogP contribution is 2.24. The number of carbonyl (C=O) groups is 1. The molecule has 2 aromatic heterocycles. The molecule has 0 aliphatic rings. The molecule has 0 aliphatic carbocycles. The number of imidazole rings is 1. The van der Waals surface area contributed by atoms with Gasteiger partial charge in [-0.25, -0.2) is 18.2 Å². The third-order valence-electron chi connectivity index (χ3n) is 3.78. The summed E-state index contributed by atoms with van der Waals surface area (Å²) in [5.74, 6) is -5.06. The molecule has 0 saturated carbocycles. The van der Waals surface area contributed by atoms with Gasteiger partial charge in [-0.05, 0) is 53.0 Å². The summed E-state index contributed by atoms with van der Waals surface area (Å²) in [4.78, 5) is 17.1. The Morgan fingerprint density at radius 3 is 2.68 bits per heavy atom. The molecule has 8 heteroatoms. The first kappa shape index (κ1) is 17.5. The second-order valence-corrected chi connectivity index (χ2v) is 6.39. The summed E-state index contributed by atoms with van der Waals surface area (Å²) in [6.45, 7) is 3.68. The zero-order chi connectivity index (χ0) is 18.3. The van der Waals surface area contributed by atoms with Crippen LogP contribution in [0, 0.1) is 24.4 Å². The van der Waals surface area contributed by atoms with Crippen LogP contribution in [0.3, 0.4) is 0 Å². The average molecular weight is 412 g/mol. The van der Waals surface area contributed by atoms with E-state index in [2.05, 4.69) is 26.2 Å². The number of hydrogen-bond donors (Lipinski definition) is 1. The van der Waals surface area contributed by atoms with Crippen LogP contribution in [0.5, 0.6) is 0 Å². The van der Waals surface area contributed by atoms with E-state index in [0.29, 0.717) is 17.8 Å². The normalized spacial score (nSPS) is 11.1. The Balaban J connectivity index is 2.10. The third kappa shape index (κ3) is 3.02. The van der Waals surface area contributed by atoms with Gasteiger partial charge in [-0.1, -0.05) is 6.92 Å². The van der Waals surface area contributed by atoms with Crippen molar-refractivity contribution in [1.82, 2.24) is 9.38 Å². The van der Waals surface area contributed by atoms with Crippen molar-refractivity contribution in [1.29, 1.82) is 0 Å². The Bertz CT molecular complexity index is 1000. The van der Waals surface area contributed by atoms with Crippen LogP contribution < -0.4 is 5.32 Å². The van der Waals surface area contributed by atoms with E-state index in [0.717, 1.165) is 22.2 Å². The molecule has 0 atom stereocenters. The van der Waals surface area contributed by atoms with Crippen molar-refractivity contribution in [2.24, 2.45) is 0 Å². The van der Waals surface area contributed by atoms with E-state index in [-0.39, 0.29) is 5.69 Å². The molecular weight excluding hydrogens is 399 g/mol. The summed E-state index contributed by atoms with van der Waals surface area (Å²) >= 11 is 3.36.